The molecule has 1 aliphatic heterocycles. The lowest BCUT2D eigenvalue weighted by Gasteiger charge is -2.47. The lowest BCUT2D eigenvalue weighted by atomic mass is 9.66. The van der Waals surface area contributed by atoms with Crippen LogP contribution in [0.2, 0.25) is 5.02 Å². The standard InChI is InChI=1S/C34H43ClN2O6S/c1-41-32(23-7-5-22(6-8-23)19-44(36,39)40)28-12-9-26(28)18-37-20-34(15-3-4-24-16-27(35)11-13-29(24)34)21-43-31-14-10-25(17-30(31)37)33(38)42-2/h7,10-11,13-14,16-17,22,26,28,32H,3-6,8-9,12,15,18-21H2,1-2H3,(H2,36,39,40)/t22-,26-,28+,32?,34?/m0/s1. The number of hydrogen-bond donors (Lipinski definition) is 1. The molecular formula is C34H43ClN2O6S. The summed E-state index contributed by atoms with van der Waals surface area (Å²) in [4.78, 5) is 15.0. The van der Waals surface area contributed by atoms with Gasteiger partial charge in [0.25, 0.3) is 0 Å². The van der Waals surface area contributed by atoms with Crippen molar-refractivity contribution in [2.45, 2.75) is 62.9 Å². The fourth-order valence-corrected chi connectivity index (χ4v) is 9.26. The highest BCUT2D eigenvalue weighted by Crippen LogP contribution is 2.48. The van der Waals surface area contributed by atoms with E-state index in [2.05, 4.69) is 23.1 Å². The van der Waals surface area contributed by atoms with Gasteiger partial charge < -0.3 is 19.1 Å². The van der Waals surface area contributed by atoms with Gasteiger partial charge in [0.15, 0.2) is 0 Å². The third kappa shape index (κ3) is 6.39. The molecular weight excluding hydrogens is 600 g/mol. The average Bonchev–Trinajstić information content (AvgIpc) is 3.14. The van der Waals surface area contributed by atoms with Gasteiger partial charge in [-0.25, -0.2) is 18.4 Å². The summed E-state index contributed by atoms with van der Waals surface area (Å²) in [5, 5.41) is 6.08. The number of allylic oxidation sites excluding steroid dienone is 1. The number of nitrogens with two attached hydrogens (primary N) is 1. The second-order valence-electron chi connectivity index (χ2n) is 13.2. The van der Waals surface area contributed by atoms with Crippen LogP contribution < -0.4 is 14.8 Å². The number of aryl methyl sites for hydroxylation is 1. The second kappa shape index (κ2) is 12.7. The van der Waals surface area contributed by atoms with Crippen molar-refractivity contribution in [3.05, 3.63) is 69.8 Å². The molecule has 0 saturated heterocycles. The Labute approximate surface area is 265 Å². The van der Waals surface area contributed by atoms with Crippen LogP contribution in [0, 0.1) is 17.8 Å². The average molecular weight is 643 g/mol. The molecule has 8 nitrogen and oxygen atoms in total. The molecule has 2 N–H and O–H groups in total. The Kier molecular flexibility index (Phi) is 9.03. The second-order valence-corrected chi connectivity index (χ2v) is 15.3. The van der Waals surface area contributed by atoms with Crippen molar-refractivity contribution >= 4 is 33.3 Å². The number of nitrogens with zero attached hydrogens (tertiary/aromatic N) is 1. The summed E-state index contributed by atoms with van der Waals surface area (Å²) < 4.78 is 41.1. The van der Waals surface area contributed by atoms with Crippen LogP contribution >= 0.6 is 11.6 Å². The van der Waals surface area contributed by atoms with E-state index in [4.69, 9.17) is 31.0 Å². The Bertz CT molecular complexity index is 1540. The van der Waals surface area contributed by atoms with Crippen molar-refractivity contribution in [3.63, 3.8) is 0 Å². The summed E-state index contributed by atoms with van der Waals surface area (Å²) >= 11 is 6.42. The van der Waals surface area contributed by atoms with E-state index in [9.17, 15) is 13.2 Å². The maximum Gasteiger partial charge on any atom is 0.337 e. The number of carbonyl (C=O) groups excluding carboxylic acids is 1. The van der Waals surface area contributed by atoms with Crippen molar-refractivity contribution in [1.82, 2.24) is 0 Å². The van der Waals surface area contributed by atoms with E-state index in [1.165, 1.54) is 23.8 Å². The van der Waals surface area contributed by atoms with Gasteiger partial charge in [-0.3, -0.25) is 0 Å². The molecule has 0 radical (unpaired) electrons. The van der Waals surface area contributed by atoms with Crippen molar-refractivity contribution in [1.29, 1.82) is 0 Å². The first-order valence-corrected chi connectivity index (χ1v) is 17.8. The molecule has 0 aromatic heterocycles. The first kappa shape index (κ1) is 31.4. The van der Waals surface area contributed by atoms with Gasteiger partial charge in [-0.2, -0.15) is 0 Å². The Morgan fingerprint density at radius 3 is 2.68 bits per heavy atom. The van der Waals surface area contributed by atoms with E-state index >= 15 is 0 Å². The summed E-state index contributed by atoms with van der Waals surface area (Å²) in [6.07, 6.45) is 9.78. The van der Waals surface area contributed by atoms with Crippen LogP contribution in [0.4, 0.5) is 5.69 Å². The van der Waals surface area contributed by atoms with Gasteiger partial charge >= 0.3 is 5.97 Å². The van der Waals surface area contributed by atoms with Crippen LogP contribution in [0.5, 0.6) is 5.75 Å². The predicted molar refractivity (Wildman–Crippen MR) is 172 cm³/mol. The lowest BCUT2D eigenvalue weighted by Crippen LogP contribution is -2.50. The zero-order valence-electron chi connectivity index (χ0n) is 25.6. The number of hydrogen-bond acceptors (Lipinski definition) is 7. The van der Waals surface area contributed by atoms with Crippen molar-refractivity contribution in [2.75, 3.05) is 44.6 Å². The smallest absolute Gasteiger partial charge is 0.337 e. The number of fused-ring (bicyclic) bond motifs is 3. The van der Waals surface area contributed by atoms with Crippen LogP contribution in [0.25, 0.3) is 0 Å². The van der Waals surface area contributed by atoms with Crippen LogP contribution in [0.1, 0.15) is 66.4 Å². The van der Waals surface area contributed by atoms with Crippen LogP contribution in [-0.2, 0) is 31.3 Å². The molecule has 4 aliphatic rings. The predicted octanol–water partition coefficient (Wildman–Crippen LogP) is 5.66. The minimum Gasteiger partial charge on any atom is -0.490 e. The molecule has 1 spiro atoms. The number of esters is 1. The van der Waals surface area contributed by atoms with E-state index in [-0.39, 0.29) is 29.2 Å². The van der Waals surface area contributed by atoms with Gasteiger partial charge in [0.2, 0.25) is 10.0 Å². The van der Waals surface area contributed by atoms with E-state index in [0.717, 1.165) is 74.5 Å². The number of ether oxygens (including phenoxy) is 3. The molecule has 10 heteroatoms. The number of benzene rings is 2. The molecule has 1 fully saturated rings. The number of sulfonamides is 1. The van der Waals surface area contributed by atoms with E-state index in [1.807, 2.05) is 18.2 Å². The highest BCUT2D eigenvalue weighted by molar-refractivity contribution is 7.89. The van der Waals surface area contributed by atoms with Gasteiger partial charge in [0.05, 0.1) is 36.8 Å². The summed E-state index contributed by atoms with van der Waals surface area (Å²) in [5.41, 5.74) is 5.10. The van der Waals surface area contributed by atoms with Gasteiger partial charge in [0.1, 0.15) is 5.75 Å². The number of anilines is 1. The number of halogens is 1. The zero-order valence-corrected chi connectivity index (χ0v) is 27.2. The highest BCUT2D eigenvalue weighted by atomic mass is 35.5. The first-order valence-electron chi connectivity index (χ1n) is 15.7. The molecule has 3 aliphatic carbocycles. The molecule has 1 saturated carbocycles. The Hall–Kier alpha value is -2.59. The first-order chi connectivity index (χ1) is 21.1. The maximum atomic E-state index is 12.6. The van der Waals surface area contributed by atoms with Crippen LogP contribution in [0.15, 0.2) is 48.0 Å². The quantitative estimate of drug-likeness (QED) is 0.293. The molecule has 2 unspecified atom stereocenters. The fourth-order valence-electron chi connectivity index (χ4n) is 8.11. The van der Waals surface area contributed by atoms with Crippen molar-refractivity contribution in [3.8, 4) is 5.75 Å². The van der Waals surface area contributed by atoms with Crippen molar-refractivity contribution in [2.24, 2.45) is 22.9 Å². The normalized spacial score (nSPS) is 27.2. The molecule has 0 bridgehead atoms. The third-order valence-electron chi connectivity index (χ3n) is 10.4. The Morgan fingerprint density at radius 1 is 1.16 bits per heavy atom. The van der Waals surface area contributed by atoms with E-state index in [1.54, 1.807) is 13.2 Å². The Balaban J connectivity index is 1.29. The summed E-state index contributed by atoms with van der Waals surface area (Å²) in [6, 6.07) is 11.9. The molecule has 2 aromatic carbocycles. The minimum absolute atomic E-state index is 0.000191. The van der Waals surface area contributed by atoms with Crippen LogP contribution in [-0.4, -0.2) is 60.2 Å². The Morgan fingerprint density at radius 2 is 2.00 bits per heavy atom. The van der Waals surface area contributed by atoms with Crippen molar-refractivity contribution < 1.29 is 27.4 Å². The van der Waals surface area contributed by atoms with E-state index < -0.39 is 10.0 Å². The fraction of sp³-hybridized carbons (Fsp3) is 0.559. The van der Waals surface area contributed by atoms with Gasteiger partial charge in [-0.1, -0.05) is 23.7 Å². The molecule has 44 heavy (non-hydrogen) atoms. The topological polar surface area (TPSA) is 108 Å². The summed E-state index contributed by atoms with van der Waals surface area (Å²) in [5.74, 6) is 1.25. The molecule has 0 amide bonds. The number of methoxy groups -OCH3 is 2. The molecule has 238 valence electrons. The largest absolute Gasteiger partial charge is 0.490 e. The maximum absolute atomic E-state index is 12.6. The number of rotatable bonds is 8. The number of primary sulfonamides is 1. The zero-order chi connectivity index (χ0) is 31.1. The molecule has 6 rings (SSSR count). The minimum atomic E-state index is -3.48. The highest BCUT2D eigenvalue weighted by Gasteiger charge is 2.45. The van der Waals surface area contributed by atoms with Gasteiger partial charge in [-0.05, 0) is 116 Å². The van der Waals surface area contributed by atoms with E-state index in [0.29, 0.717) is 30.4 Å². The monoisotopic (exact) mass is 642 g/mol. The molecule has 2 aromatic rings. The van der Waals surface area contributed by atoms with Gasteiger partial charge in [-0.15, -0.1) is 0 Å². The summed E-state index contributed by atoms with van der Waals surface area (Å²) in [7, 11) is -0.293. The number of carbonyl (C=O) groups is 1. The summed E-state index contributed by atoms with van der Waals surface area (Å²) in [6.45, 7) is 2.15. The van der Waals surface area contributed by atoms with Crippen LogP contribution in [0.3, 0.4) is 0 Å². The lowest BCUT2D eigenvalue weighted by molar-refractivity contribution is 0.00323. The third-order valence-corrected chi connectivity index (χ3v) is 11.6. The molecule has 1 heterocycles. The SMILES string of the molecule is COC(=O)c1ccc2c(c1)N(C[C@@H]1CC[C@H]1C(OC)C1=CC[C@H](CS(N)(=O)=O)CC1)CC1(CCCc3cc(Cl)ccc31)CO2. The van der Waals surface area contributed by atoms with Gasteiger partial charge in [0, 0.05) is 30.6 Å². The molecule has 5 atom stereocenters.